The minimum absolute atomic E-state index is 0.333. The Morgan fingerprint density at radius 3 is 2.43 bits per heavy atom. The molecule has 0 atom stereocenters. The zero-order valence-electron chi connectivity index (χ0n) is 13.9. The SMILES string of the molecule is COC(=O)c1ccccc1NCCCOc1c(C)cccc1C. The molecule has 0 bridgehead atoms. The number of nitrogens with one attached hydrogen (secondary N) is 1. The second-order valence-corrected chi connectivity index (χ2v) is 5.39. The topological polar surface area (TPSA) is 47.6 Å². The minimum Gasteiger partial charge on any atom is -0.493 e. The molecule has 0 unspecified atom stereocenters. The Morgan fingerprint density at radius 2 is 1.74 bits per heavy atom. The fourth-order valence-corrected chi connectivity index (χ4v) is 2.42. The van der Waals surface area contributed by atoms with Crippen LogP contribution in [-0.4, -0.2) is 26.2 Å². The van der Waals surface area contributed by atoms with Crippen LogP contribution in [0, 0.1) is 13.8 Å². The molecule has 0 aliphatic carbocycles. The third-order valence-electron chi connectivity index (χ3n) is 3.62. The van der Waals surface area contributed by atoms with E-state index in [9.17, 15) is 4.79 Å². The molecule has 0 aliphatic rings. The number of esters is 1. The van der Waals surface area contributed by atoms with Crippen molar-refractivity contribution in [3.63, 3.8) is 0 Å². The molecule has 0 radical (unpaired) electrons. The molecule has 0 spiro atoms. The highest BCUT2D eigenvalue weighted by atomic mass is 16.5. The van der Waals surface area contributed by atoms with Gasteiger partial charge in [-0.25, -0.2) is 4.79 Å². The van der Waals surface area contributed by atoms with E-state index in [2.05, 4.69) is 5.32 Å². The number of anilines is 1. The molecule has 1 N–H and O–H groups in total. The first-order chi connectivity index (χ1) is 11.1. The van der Waals surface area contributed by atoms with Gasteiger partial charge < -0.3 is 14.8 Å². The van der Waals surface area contributed by atoms with Gasteiger partial charge >= 0.3 is 5.97 Å². The lowest BCUT2D eigenvalue weighted by atomic mass is 10.1. The van der Waals surface area contributed by atoms with E-state index in [1.807, 2.05) is 50.2 Å². The van der Waals surface area contributed by atoms with Crippen LogP contribution >= 0.6 is 0 Å². The van der Waals surface area contributed by atoms with E-state index in [0.29, 0.717) is 12.2 Å². The predicted octanol–water partition coefficient (Wildman–Crippen LogP) is 3.97. The van der Waals surface area contributed by atoms with Crippen LogP contribution in [0.1, 0.15) is 27.9 Å². The van der Waals surface area contributed by atoms with Crippen molar-refractivity contribution in [3.05, 3.63) is 59.2 Å². The highest BCUT2D eigenvalue weighted by Gasteiger charge is 2.10. The molecule has 2 rings (SSSR count). The summed E-state index contributed by atoms with van der Waals surface area (Å²) in [6.45, 7) is 5.44. The monoisotopic (exact) mass is 313 g/mol. The summed E-state index contributed by atoms with van der Waals surface area (Å²) in [5.74, 6) is 0.627. The van der Waals surface area contributed by atoms with Crippen LogP contribution in [0.2, 0.25) is 0 Å². The largest absolute Gasteiger partial charge is 0.493 e. The van der Waals surface area contributed by atoms with Crippen LogP contribution in [0.15, 0.2) is 42.5 Å². The average Bonchev–Trinajstić information content (AvgIpc) is 2.56. The highest BCUT2D eigenvalue weighted by molar-refractivity contribution is 5.95. The lowest BCUT2D eigenvalue weighted by Crippen LogP contribution is -2.11. The number of benzene rings is 2. The molecule has 0 aromatic heterocycles. The molecule has 4 nitrogen and oxygen atoms in total. The number of aryl methyl sites for hydroxylation is 2. The Labute approximate surface area is 137 Å². The molecular formula is C19H23NO3. The molecule has 2 aromatic carbocycles. The zero-order valence-corrected chi connectivity index (χ0v) is 13.9. The number of carbonyl (C=O) groups excluding carboxylic acids is 1. The van der Waals surface area contributed by atoms with E-state index in [0.717, 1.165) is 35.5 Å². The first kappa shape index (κ1) is 16.9. The number of methoxy groups -OCH3 is 1. The van der Waals surface area contributed by atoms with Crippen molar-refractivity contribution >= 4 is 11.7 Å². The molecule has 23 heavy (non-hydrogen) atoms. The molecule has 0 amide bonds. The van der Waals surface area contributed by atoms with Crippen molar-refractivity contribution in [1.82, 2.24) is 0 Å². The molecule has 0 saturated heterocycles. The second-order valence-electron chi connectivity index (χ2n) is 5.39. The third kappa shape index (κ3) is 4.49. The summed E-state index contributed by atoms with van der Waals surface area (Å²) >= 11 is 0. The predicted molar refractivity (Wildman–Crippen MR) is 92.3 cm³/mol. The third-order valence-corrected chi connectivity index (χ3v) is 3.62. The number of para-hydroxylation sites is 2. The van der Waals surface area contributed by atoms with Gasteiger partial charge in [-0.1, -0.05) is 30.3 Å². The fourth-order valence-electron chi connectivity index (χ4n) is 2.42. The Bertz CT molecular complexity index is 647. The molecular weight excluding hydrogens is 290 g/mol. The van der Waals surface area contributed by atoms with Gasteiger partial charge in [0.1, 0.15) is 5.75 Å². The van der Waals surface area contributed by atoms with Crippen molar-refractivity contribution in [2.45, 2.75) is 20.3 Å². The maximum Gasteiger partial charge on any atom is 0.339 e. The van der Waals surface area contributed by atoms with Crippen molar-refractivity contribution in [3.8, 4) is 5.75 Å². The van der Waals surface area contributed by atoms with E-state index in [1.54, 1.807) is 6.07 Å². The number of ether oxygens (including phenoxy) is 2. The van der Waals surface area contributed by atoms with Gasteiger partial charge in [0.25, 0.3) is 0 Å². The standard InChI is InChI=1S/C19H23NO3/c1-14-8-6-9-15(2)18(14)23-13-7-12-20-17-11-5-4-10-16(17)19(21)22-3/h4-6,8-11,20H,7,12-13H2,1-3H3. The van der Waals surface area contributed by atoms with E-state index in [-0.39, 0.29) is 5.97 Å². The van der Waals surface area contributed by atoms with Gasteiger partial charge in [0.15, 0.2) is 0 Å². The smallest absolute Gasteiger partial charge is 0.339 e. The average molecular weight is 313 g/mol. The van der Waals surface area contributed by atoms with Crippen LogP contribution < -0.4 is 10.1 Å². The van der Waals surface area contributed by atoms with E-state index < -0.39 is 0 Å². The Kier molecular flexibility index (Phi) is 6.03. The van der Waals surface area contributed by atoms with Gasteiger partial charge in [-0.3, -0.25) is 0 Å². The molecule has 0 saturated carbocycles. The molecule has 122 valence electrons. The van der Waals surface area contributed by atoms with Crippen molar-refractivity contribution < 1.29 is 14.3 Å². The van der Waals surface area contributed by atoms with Crippen LogP contribution in [0.3, 0.4) is 0 Å². The van der Waals surface area contributed by atoms with Crippen molar-refractivity contribution in [2.75, 3.05) is 25.6 Å². The summed E-state index contributed by atoms with van der Waals surface area (Å²) < 4.78 is 10.7. The van der Waals surface area contributed by atoms with Crippen molar-refractivity contribution in [1.29, 1.82) is 0 Å². The highest BCUT2D eigenvalue weighted by Crippen LogP contribution is 2.22. The number of hydrogen-bond acceptors (Lipinski definition) is 4. The zero-order chi connectivity index (χ0) is 16.7. The van der Waals surface area contributed by atoms with Crippen molar-refractivity contribution in [2.24, 2.45) is 0 Å². The Balaban J connectivity index is 1.84. The Morgan fingerprint density at radius 1 is 1.04 bits per heavy atom. The van der Waals surface area contributed by atoms with Gasteiger partial charge in [-0.05, 0) is 43.5 Å². The maximum absolute atomic E-state index is 11.7. The summed E-state index contributed by atoms with van der Waals surface area (Å²) in [5.41, 5.74) is 3.63. The van der Waals surface area contributed by atoms with Crippen LogP contribution in [0.5, 0.6) is 5.75 Å². The summed E-state index contributed by atoms with van der Waals surface area (Å²) in [6, 6.07) is 13.5. The van der Waals surface area contributed by atoms with Crippen LogP contribution in [0.4, 0.5) is 5.69 Å². The number of rotatable bonds is 7. The van der Waals surface area contributed by atoms with E-state index in [4.69, 9.17) is 9.47 Å². The van der Waals surface area contributed by atoms with Gasteiger partial charge in [0.2, 0.25) is 0 Å². The molecule has 2 aromatic rings. The molecule has 0 aliphatic heterocycles. The number of carbonyl (C=O) groups is 1. The quantitative estimate of drug-likeness (QED) is 0.620. The van der Waals surface area contributed by atoms with E-state index >= 15 is 0 Å². The summed E-state index contributed by atoms with van der Waals surface area (Å²) in [5, 5.41) is 3.26. The Hall–Kier alpha value is -2.49. The summed E-state index contributed by atoms with van der Waals surface area (Å²) in [4.78, 5) is 11.7. The normalized spacial score (nSPS) is 10.2. The number of hydrogen-bond donors (Lipinski definition) is 1. The van der Waals surface area contributed by atoms with Gasteiger partial charge in [-0.15, -0.1) is 0 Å². The lowest BCUT2D eigenvalue weighted by Gasteiger charge is -2.13. The van der Waals surface area contributed by atoms with Gasteiger partial charge in [0, 0.05) is 12.2 Å². The molecule has 0 heterocycles. The van der Waals surface area contributed by atoms with E-state index in [1.165, 1.54) is 7.11 Å². The first-order valence-electron chi connectivity index (χ1n) is 7.73. The van der Waals surface area contributed by atoms with Gasteiger partial charge in [-0.2, -0.15) is 0 Å². The lowest BCUT2D eigenvalue weighted by molar-refractivity contribution is 0.0602. The maximum atomic E-state index is 11.7. The second kappa shape index (κ2) is 8.22. The summed E-state index contributed by atoms with van der Waals surface area (Å²) in [7, 11) is 1.39. The van der Waals surface area contributed by atoms with Crippen LogP contribution in [0.25, 0.3) is 0 Å². The molecule has 0 fully saturated rings. The minimum atomic E-state index is -0.333. The fraction of sp³-hybridized carbons (Fsp3) is 0.316. The molecule has 4 heteroatoms. The summed E-state index contributed by atoms with van der Waals surface area (Å²) in [6.07, 6.45) is 0.837. The van der Waals surface area contributed by atoms with Crippen LogP contribution in [-0.2, 0) is 4.74 Å². The first-order valence-corrected chi connectivity index (χ1v) is 7.73. The van der Waals surface area contributed by atoms with Gasteiger partial charge in [0.05, 0.1) is 19.3 Å².